The number of ether oxygens (including phenoxy) is 3. The zero-order valence-electron chi connectivity index (χ0n) is 16.3. The summed E-state index contributed by atoms with van der Waals surface area (Å²) >= 11 is 1.32. The highest BCUT2D eigenvalue weighted by molar-refractivity contribution is 7.14. The van der Waals surface area contributed by atoms with E-state index < -0.39 is 0 Å². The van der Waals surface area contributed by atoms with Crippen LogP contribution in [0.15, 0.2) is 41.8 Å². The lowest BCUT2D eigenvalue weighted by Gasteiger charge is -2.15. The summed E-state index contributed by atoms with van der Waals surface area (Å²) in [5, 5.41) is 5.11. The Morgan fingerprint density at radius 2 is 1.76 bits per heavy atom. The summed E-state index contributed by atoms with van der Waals surface area (Å²) in [6.45, 7) is 0. The fourth-order valence-corrected chi connectivity index (χ4v) is 3.61. The Kier molecular flexibility index (Phi) is 6.66. The molecule has 0 fully saturated rings. The first-order valence-electron chi connectivity index (χ1n) is 8.85. The van der Waals surface area contributed by atoms with Crippen LogP contribution in [0.5, 0.6) is 17.2 Å². The fraction of sp³-hybridized carbons (Fsp3) is 0.238. The van der Waals surface area contributed by atoms with Crippen molar-refractivity contribution in [3.63, 3.8) is 0 Å². The van der Waals surface area contributed by atoms with Crippen LogP contribution in [0.3, 0.4) is 0 Å². The predicted molar refractivity (Wildman–Crippen MR) is 111 cm³/mol. The Balaban J connectivity index is 1.64. The SMILES string of the molecule is COc1ccc(CCC(=O)Nc2nc(-c3ccc(F)cc3)cs2)c(OC)c1OC. The normalized spacial score (nSPS) is 10.5. The highest BCUT2D eigenvalue weighted by atomic mass is 32.1. The molecule has 1 N–H and O–H groups in total. The van der Waals surface area contributed by atoms with Gasteiger partial charge in [0.05, 0.1) is 27.0 Å². The van der Waals surface area contributed by atoms with E-state index in [-0.39, 0.29) is 18.1 Å². The second kappa shape index (κ2) is 9.38. The smallest absolute Gasteiger partial charge is 0.226 e. The molecule has 1 amide bonds. The van der Waals surface area contributed by atoms with Crippen molar-refractivity contribution in [3.8, 4) is 28.5 Å². The van der Waals surface area contributed by atoms with Crippen LogP contribution in [0.25, 0.3) is 11.3 Å². The molecule has 0 saturated heterocycles. The summed E-state index contributed by atoms with van der Waals surface area (Å²) in [6.07, 6.45) is 0.711. The monoisotopic (exact) mass is 416 g/mol. The Morgan fingerprint density at radius 1 is 1.03 bits per heavy atom. The first kappa shape index (κ1) is 20.6. The van der Waals surface area contributed by atoms with Crippen LogP contribution < -0.4 is 19.5 Å². The number of rotatable bonds is 8. The predicted octanol–water partition coefficient (Wildman–Crippen LogP) is 4.55. The molecule has 1 heterocycles. The van der Waals surface area contributed by atoms with Gasteiger partial charge in [0.2, 0.25) is 11.7 Å². The summed E-state index contributed by atoms with van der Waals surface area (Å²) in [5.74, 6) is 1.14. The lowest BCUT2D eigenvalue weighted by molar-refractivity contribution is -0.116. The number of nitrogens with one attached hydrogen (secondary N) is 1. The maximum absolute atomic E-state index is 13.0. The standard InChI is InChI=1S/C21H21FN2O4S/c1-26-17-10-6-14(19(27-2)20(17)28-3)7-11-18(25)24-21-23-16(12-29-21)13-4-8-15(22)9-5-13/h4-6,8-10,12H,7,11H2,1-3H3,(H,23,24,25). The van der Waals surface area contributed by atoms with Gasteiger partial charge in [-0.05, 0) is 42.3 Å². The number of halogens is 1. The van der Waals surface area contributed by atoms with E-state index in [0.29, 0.717) is 34.5 Å². The molecular formula is C21H21FN2O4S. The number of aromatic nitrogens is 1. The molecule has 0 saturated carbocycles. The Hall–Kier alpha value is -3.13. The Morgan fingerprint density at radius 3 is 2.41 bits per heavy atom. The molecule has 0 bridgehead atoms. The number of amides is 1. The number of carbonyl (C=O) groups excluding carboxylic acids is 1. The van der Waals surface area contributed by atoms with E-state index in [1.807, 2.05) is 11.4 Å². The summed E-state index contributed by atoms with van der Waals surface area (Å²) in [4.78, 5) is 16.8. The van der Waals surface area contributed by atoms with Gasteiger partial charge in [-0.2, -0.15) is 0 Å². The molecular weight excluding hydrogens is 395 g/mol. The van der Waals surface area contributed by atoms with Gasteiger partial charge >= 0.3 is 0 Å². The minimum absolute atomic E-state index is 0.165. The van der Waals surface area contributed by atoms with Gasteiger partial charge in [-0.1, -0.05) is 6.07 Å². The molecule has 152 valence electrons. The third kappa shape index (κ3) is 4.83. The molecule has 6 nitrogen and oxygen atoms in total. The van der Waals surface area contributed by atoms with Gasteiger partial charge in [0, 0.05) is 17.4 Å². The van der Waals surface area contributed by atoms with Crippen molar-refractivity contribution >= 4 is 22.4 Å². The van der Waals surface area contributed by atoms with E-state index in [1.165, 1.54) is 30.6 Å². The van der Waals surface area contributed by atoms with Crippen LogP contribution in [0.2, 0.25) is 0 Å². The number of anilines is 1. The number of hydrogen-bond acceptors (Lipinski definition) is 6. The third-order valence-electron chi connectivity index (χ3n) is 4.30. The largest absolute Gasteiger partial charge is 0.493 e. The zero-order chi connectivity index (χ0) is 20.8. The van der Waals surface area contributed by atoms with E-state index in [9.17, 15) is 9.18 Å². The molecule has 8 heteroatoms. The average molecular weight is 416 g/mol. The lowest BCUT2D eigenvalue weighted by Crippen LogP contribution is -2.12. The lowest BCUT2D eigenvalue weighted by atomic mass is 10.1. The van der Waals surface area contributed by atoms with E-state index in [2.05, 4.69) is 10.3 Å². The molecule has 0 aliphatic heterocycles. The molecule has 3 rings (SSSR count). The molecule has 0 atom stereocenters. The van der Waals surface area contributed by atoms with Gasteiger partial charge in [-0.15, -0.1) is 11.3 Å². The Bertz CT molecular complexity index is 989. The Labute approximate surface area is 172 Å². The summed E-state index contributed by atoms with van der Waals surface area (Å²) in [5.41, 5.74) is 2.32. The van der Waals surface area contributed by atoms with Gasteiger partial charge in [0.25, 0.3) is 0 Å². The van der Waals surface area contributed by atoms with Crippen LogP contribution in [0.1, 0.15) is 12.0 Å². The van der Waals surface area contributed by atoms with Gasteiger partial charge in [-0.3, -0.25) is 4.79 Å². The first-order valence-corrected chi connectivity index (χ1v) is 9.72. The molecule has 3 aromatic rings. The minimum atomic E-state index is -0.303. The second-order valence-electron chi connectivity index (χ2n) is 6.09. The molecule has 0 aliphatic rings. The van der Waals surface area contributed by atoms with Crippen molar-refractivity contribution in [2.45, 2.75) is 12.8 Å². The number of methoxy groups -OCH3 is 3. The quantitative estimate of drug-likeness (QED) is 0.584. The maximum atomic E-state index is 13.0. The highest BCUT2D eigenvalue weighted by Crippen LogP contribution is 2.40. The van der Waals surface area contributed by atoms with E-state index in [0.717, 1.165) is 11.1 Å². The molecule has 0 radical (unpaired) electrons. The number of nitrogens with zero attached hydrogens (tertiary/aromatic N) is 1. The number of aryl methyl sites for hydroxylation is 1. The minimum Gasteiger partial charge on any atom is -0.493 e. The second-order valence-corrected chi connectivity index (χ2v) is 6.94. The number of benzene rings is 2. The van der Waals surface area contributed by atoms with Crippen molar-refractivity contribution in [3.05, 3.63) is 53.2 Å². The summed E-state index contributed by atoms with van der Waals surface area (Å²) in [7, 11) is 4.64. The van der Waals surface area contributed by atoms with Crippen molar-refractivity contribution in [1.29, 1.82) is 0 Å². The van der Waals surface area contributed by atoms with Crippen LogP contribution in [0.4, 0.5) is 9.52 Å². The van der Waals surface area contributed by atoms with Crippen molar-refractivity contribution in [2.24, 2.45) is 0 Å². The molecule has 0 aliphatic carbocycles. The molecule has 0 spiro atoms. The average Bonchev–Trinajstić information content (AvgIpc) is 3.20. The topological polar surface area (TPSA) is 69.7 Å². The van der Waals surface area contributed by atoms with Crippen molar-refractivity contribution in [2.75, 3.05) is 26.6 Å². The maximum Gasteiger partial charge on any atom is 0.226 e. The third-order valence-corrected chi connectivity index (χ3v) is 5.06. The molecule has 0 unspecified atom stereocenters. The molecule has 1 aromatic heterocycles. The van der Waals surface area contributed by atoms with Crippen molar-refractivity contribution in [1.82, 2.24) is 4.98 Å². The van der Waals surface area contributed by atoms with Crippen molar-refractivity contribution < 1.29 is 23.4 Å². The van der Waals surface area contributed by atoms with Gasteiger partial charge in [0.15, 0.2) is 16.6 Å². The van der Waals surface area contributed by atoms with Crippen LogP contribution in [-0.4, -0.2) is 32.2 Å². The van der Waals surface area contributed by atoms with E-state index >= 15 is 0 Å². The van der Waals surface area contributed by atoms with Crippen LogP contribution >= 0.6 is 11.3 Å². The number of hydrogen-bond donors (Lipinski definition) is 1. The molecule has 2 aromatic carbocycles. The highest BCUT2D eigenvalue weighted by Gasteiger charge is 2.17. The van der Waals surface area contributed by atoms with Crippen LogP contribution in [0, 0.1) is 5.82 Å². The number of carbonyl (C=O) groups is 1. The van der Waals surface area contributed by atoms with E-state index in [1.54, 1.807) is 32.4 Å². The van der Waals surface area contributed by atoms with Gasteiger partial charge < -0.3 is 19.5 Å². The number of thiazole rings is 1. The zero-order valence-corrected chi connectivity index (χ0v) is 17.1. The summed E-state index contributed by atoms with van der Waals surface area (Å²) < 4.78 is 29.1. The fourth-order valence-electron chi connectivity index (χ4n) is 2.87. The van der Waals surface area contributed by atoms with Gasteiger partial charge in [0.1, 0.15) is 5.82 Å². The van der Waals surface area contributed by atoms with E-state index in [4.69, 9.17) is 14.2 Å². The van der Waals surface area contributed by atoms with Crippen LogP contribution in [-0.2, 0) is 11.2 Å². The first-order chi connectivity index (χ1) is 14.0. The van der Waals surface area contributed by atoms with Gasteiger partial charge in [-0.25, -0.2) is 9.37 Å². The molecule has 29 heavy (non-hydrogen) atoms. The summed E-state index contributed by atoms with van der Waals surface area (Å²) in [6, 6.07) is 9.69.